The van der Waals surface area contributed by atoms with Crippen LogP contribution in [0, 0.1) is 18.1 Å². The molecular weight excluding hydrogens is 167 g/mol. The number of rotatable bonds is 3. The molecule has 9 heavy (non-hydrogen) atoms. The predicted octanol–water partition coefficient (Wildman–Crippen LogP) is 0.706. The van der Waals surface area contributed by atoms with Crippen molar-refractivity contribution in [3.8, 4) is 6.26 Å². The number of hydrogen-bond acceptors (Lipinski definition) is 2. The van der Waals surface area contributed by atoms with Crippen LogP contribution in [0.2, 0.25) is 0 Å². The van der Waals surface area contributed by atoms with Crippen molar-refractivity contribution in [2.75, 3.05) is 0 Å². The number of nitriles is 1. The Labute approximate surface area is 63.6 Å². The normalized spacial score (nSPS) is 8.56. The van der Waals surface area contributed by atoms with Crippen LogP contribution in [-0.2, 0) is 22.6 Å². The average molecular weight is 171 g/mol. The van der Waals surface area contributed by atoms with Crippen molar-refractivity contribution in [2.24, 2.45) is 0 Å². The maximum atomic E-state index is 7.99. The molecule has 0 amide bonds. The van der Waals surface area contributed by atoms with Crippen molar-refractivity contribution in [1.82, 2.24) is 0 Å². The topological polar surface area (TPSA) is 33.0 Å². The monoisotopic (exact) mass is 170 g/mol. The minimum absolute atomic E-state index is 0.652. The molecule has 0 radical (unpaired) electrons. The molecule has 0 aliphatic carbocycles. The van der Waals surface area contributed by atoms with Gasteiger partial charge in [0.1, 0.15) is 0 Å². The van der Waals surface area contributed by atoms with E-state index in [9.17, 15) is 0 Å². The summed E-state index contributed by atoms with van der Waals surface area (Å²) in [5.74, 6) is 0. The first-order valence-corrected chi connectivity index (χ1v) is 3.76. The van der Waals surface area contributed by atoms with Crippen molar-refractivity contribution < 1.29 is 22.6 Å². The standard InChI is InChI=1S/C6H4NO.Zn/c1-2-3-4-5-8-6-7;/h1-4H;/q-1;/b4-3-;. The number of hydrogen-bond donors (Lipinski definition) is 0. The molecule has 0 aromatic heterocycles. The third kappa shape index (κ3) is 5.13. The molecule has 0 atom stereocenters. The second-order valence-electron chi connectivity index (χ2n) is 1.21. The van der Waals surface area contributed by atoms with E-state index in [0.29, 0.717) is 4.29 Å². The molecule has 0 saturated carbocycles. The second-order valence-corrected chi connectivity index (χ2v) is 2.67. The molecule has 2 nitrogen and oxygen atoms in total. The zero-order chi connectivity index (χ0) is 7.11. The Hall–Kier alpha value is -0.737. The van der Waals surface area contributed by atoms with Gasteiger partial charge in [-0.05, 0) is 0 Å². The molecule has 0 aromatic rings. The Kier molecular flexibility index (Phi) is 4.96. The maximum absolute atomic E-state index is 7.99. The van der Waals surface area contributed by atoms with E-state index in [0.717, 1.165) is 17.9 Å². The van der Waals surface area contributed by atoms with Crippen LogP contribution in [0.25, 0.3) is 0 Å². The molecule has 0 saturated heterocycles. The fourth-order valence-corrected chi connectivity index (χ4v) is 0.676. The Morgan fingerprint density at radius 3 is 2.89 bits per heavy atom. The molecule has 0 aromatic carbocycles. The first-order valence-electron chi connectivity index (χ1n) is 2.27. The first kappa shape index (κ1) is 8.26. The van der Waals surface area contributed by atoms with Crippen LogP contribution in [0.3, 0.4) is 0 Å². The van der Waals surface area contributed by atoms with E-state index in [1.807, 2.05) is 0 Å². The van der Waals surface area contributed by atoms with Crippen molar-refractivity contribution in [3.05, 3.63) is 24.8 Å². The van der Waals surface area contributed by atoms with Gasteiger partial charge >= 0.3 is 63.2 Å². The van der Waals surface area contributed by atoms with E-state index in [-0.39, 0.29) is 0 Å². The fourth-order valence-electron chi connectivity index (χ4n) is 0.256. The van der Waals surface area contributed by atoms with Gasteiger partial charge in [-0.15, -0.1) is 0 Å². The SMILES string of the molecule is [CH-]=C/C=C\[C](=[Zn])OC#N. The van der Waals surface area contributed by atoms with Gasteiger partial charge in [-0.25, -0.2) is 0 Å². The molecule has 0 spiro atoms. The summed E-state index contributed by atoms with van der Waals surface area (Å²) in [5.41, 5.74) is 0. The molecule has 0 aliphatic rings. The van der Waals surface area contributed by atoms with E-state index in [1.165, 1.54) is 6.08 Å². The molecule has 0 N–H and O–H groups in total. The van der Waals surface area contributed by atoms with Gasteiger partial charge in [-0.2, -0.15) is 0 Å². The molecule has 0 fully saturated rings. The zero-order valence-corrected chi connectivity index (χ0v) is 7.84. The summed E-state index contributed by atoms with van der Waals surface area (Å²) in [6.07, 6.45) is 6.23. The van der Waals surface area contributed by atoms with Gasteiger partial charge in [0, 0.05) is 0 Å². The van der Waals surface area contributed by atoms with Gasteiger partial charge in [-0.1, -0.05) is 0 Å². The molecule has 3 heteroatoms. The summed E-state index contributed by atoms with van der Waals surface area (Å²) in [6.45, 7) is 5.02. The third-order valence-corrected chi connectivity index (χ3v) is 1.37. The van der Waals surface area contributed by atoms with Gasteiger partial charge < -0.3 is 0 Å². The van der Waals surface area contributed by atoms with E-state index in [1.54, 1.807) is 18.4 Å². The van der Waals surface area contributed by atoms with Crippen molar-refractivity contribution in [2.45, 2.75) is 0 Å². The van der Waals surface area contributed by atoms with E-state index in [4.69, 9.17) is 11.8 Å². The van der Waals surface area contributed by atoms with Gasteiger partial charge in [0.15, 0.2) is 0 Å². The van der Waals surface area contributed by atoms with Crippen LogP contribution in [0.4, 0.5) is 0 Å². The molecule has 0 rings (SSSR count). The summed E-state index contributed by atoms with van der Waals surface area (Å²) in [5, 5.41) is 7.99. The zero-order valence-electron chi connectivity index (χ0n) is 4.87. The number of ether oxygens (including phenoxy) is 1. The molecule has 0 bridgehead atoms. The van der Waals surface area contributed by atoms with Gasteiger partial charge in [0.2, 0.25) is 0 Å². The molecule has 0 unspecified atom stereocenters. The average Bonchev–Trinajstić information content (AvgIpc) is 1.85. The summed E-state index contributed by atoms with van der Waals surface area (Å²) in [6, 6.07) is 0. The second kappa shape index (κ2) is 5.40. The number of nitrogens with zero attached hydrogens (tertiary/aromatic N) is 1. The summed E-state index contributed by atoms with van der Waals surface area (Å²) < 4.78 is 5.11. The Morgan fingerprint density at radius 2 is 2.44 bits per heavy atom. The van der Waals surface area contributed by atoms with E-state index in [2.05, 4.69) is 4.74 Å². The summed E-state index contributed by atoms with van der Waals surface area (Å²) in [7, 11) is 0. The van der Waals surface area contributed by atoms with Gasteiger partial charge in [0.05, 0.1) is 0 Å². The van der Waals surface area contributed by atoms with Crippen LogP contribution in [-0.4, -0.2) is 4.29 Å². The molecule has 42 valence electrons. The Bertz CT molecular complexity index is 178. The fraction of sp³-hybridized carbons (Fsp3) is 0. The Balaban J connectivity index is 3.66. The van der Waals surface area contributed by atoms with Crippen molar-refractivity contribution in [3.63, 3.8) is 0 Å². The molecule has 0 heterocycles. The van der Waals surface area contributed by atoms with Crippen LogP contribution in [0.15, 0.2) is 18.2 Å². The minimum atomic E-state index is 0.652. The third-order valence-electron chi connectivity index (χ3n) is 0.570. The quantitative estimate of drug-likeness (QED) is 0.271. The van der Waals surface area contributed by atoms with E-state index < -0.39 is 0 Å². The summed E-state index contributed by atoms with van der Waals surface area (Å²) >= 11 is 0.817. The van der Waals surface area contributed by atoms with Crippen molar-refractivity contribution >= 4 is 4.29 Å². The van der Waals surface area contributed by atoms with Crippen molar-refractivity contribution in [1.29, 1.82) is 5.26 Å². The van der Waals surface area contributed by atoms with Gasteiger partial charge in [0.25, 0.3) is 0 Å². The van der Waals surface area contributed by atoms with Crippen LogP contribution in [0.1, 0.15) is 0 Å². The molecular formula is C6H4NOZn-. The number of allylic oxidation sites excluding steroid dienone is 2. The van der Waals surface area contributed by atoms with Gasteiger partial charge in [-0.3, -0.25) is 0 Å². The molecule has 0 aliphatic heterocycles. The van der Waals surface area contributed by atoms with Crippen LogP contribution < -0.4 is 0 Å². The predicted molar refractivity (Wildman–Crippen MR) is 29.7 cm³/mol. The van der Waals surface area contributed by atoms with Crippen LogP contribution in [0.5, 0.6) is 0 Å². The Morgan fingerprint density at radius 1 is 1.78 bits per heavy atom. The van der Waals surface area contributed by atoms with E-state index >= 15 is 0 Å². The summed E-state index contributed by atoms with van der Waals surface area (Å²) in [4.78, 5) is 0. The van der Waals surface area contributed by atoms with Crippen LogP contribution >= 0.6 is 0 Å². The first-order chi connectivity index (χ1) is 4.31.